The average molecular weight is 363 g/mol. The van der Waals surface area contributed by atoms with Crippen molar-refractivity contribution < 1.29 is 18.7 Å². The predicted octanol–water partition coefficient (Wildman–Crippen LogP) is 5.23. The Balaban J connectivity index is 2.15. The van der Waals surface area contributed by atoms with Crippen LogP contribution in [0.1, 0.15) is 37.7 Å². The van der Waals surface area contributed by atoms with Gasteiger partial charge < -0.3 is 13.9 Å². The summed E-state index contributed by atoms with van der Waals surface area (Å²) in [5.74, 6) is -0.769. The topological polar surface area (TPSA) is 63.6 Å². The van der Waals surface area contributed by atoms with Crippen molar-refractivity contribution in [3.8, 4) is 0 Å². The van der Waals surface area contributed by atoms with Crippen LogP contribution in [-0.2, 0) is 10.2 Å². The Bertz CT molecular complexity index is 816. The highest BCUT2D eigenvalue weighted by atomic mass is 79.9. The Morgan fingerprint density at radius 2 is 1.68 bits per heavy atom. The SMILES string of the molecule is O=C(O)C1(c2c3ccoc3c(Br)c3ccoc23)CCCCC1. The number of hydrogen-bond donors (Lipinski definition) is 1. The molecule has 0 atom stereocenters. The van der Waals surface area contributed by atoms with Gasteiger partial charge in [0.2, 0.25) is 0 Å². The summed E-state index contributed by atoms with van der Waals surface area (Å²) in [6.07, 6.45) is 7.42. The lowest BCUT2D eigenvalue weighted by molar-refractivity contribution is -0.145. The molecule has 22 heavy (non-hydrogen) atoms. The molecular weight excluding hydrogens is 348 g/mol. The van der Waals surface area contributed by atoms with Crippen LogP contribution in [0.15, 0.2) is 38.0 Å². The first kappa shape index (κ1) is 13.9. The zero-order chi connectivity index (χ0) is 15.3. The third kappa shape index (κ3) is 1.72. The highest BCUT2D eigenvalue weighted by molar-refractivity contribution is 9.10. The molecule has 2 aromatic heterocycles. The first-order valence-electron chi connectivity index (χ1n) is 7.45. The summed E-state index contributed by atoms with van der Waals surface area (Å²) >= 11 is 3.55. The van der Waals surface area contributed by atoms with Crippen LogP contribution in [0.2, 0.25) is 0 Å². The van der Waals surface area contributed by atoms with Gasteiger partial charge in [-0.15, -0.1) is 0 Å². The highest BCUT2D eigenvalue weighted by Gasteiger charge is 2.45. The molecule has 4 rings (SSSR count). The molecule has 0 amide bonds. The van der Waals surface area contributed by atoms with Gasteiger partial charge in [-0.2, -0.15) is 0 Å². The third-order valence-electron chi connectivity index (χ3n) is 4.86. The molecule has 3 aromatic rings. The number of fused-ring (bicyclic) bond motifs is 2. The predicted molar refractivity (Wildman–Crippen MR) is 86.1 cm³/mol. The van der Waals surface area contributed by atoms with E-state index in [9.17, 15) is 9.90 Å². The van der Waals surface area contributed by atoms with Gasteiger partial charge in [0.15, 0.2) is 0 Å². The van der Waals surface area contributed by atoms with Gasteiger partial charge in [0, 0.05) is 16.3 Å². The lowest BCUT2D eigenvalue weighted by Gasteiger charge is -2.34. The van der Waals surface area contributed by atoms with Crippen molar-refractivity contribution in [3.05, 3.63) is 34.7 Å². The minimum Gasteiger partial charge on any atom is -0.481 e. The molecule has 1 N–H and O–H groups in total. The molecule has 0 saturated heterocycles. The maximum Gasteiger partial charge on any atom is 0.314 e. The first-order valence-corrected chi connectivity index (χ1v) is 8.24. The second kappa shape index (κ2) is 4.88. The van der Waals surface area contributed by atoms with E-state index in [2.05, 4.69) is 15.9 Å². The van der Waals surface area contributed by atoms with Gasteiger partial charge in [-0.05, 0) is 40.9 Å². The molecule has 1 aliphatic rings. The molecule has 114 valence electrons. The molecule has 0 unspecified atom stereocenters. The fourth-order valence-corrected chi connectivity index (χ4v) is 4.42. The Kier molecular flexibility index (Phi) is 3.08. The van der Waals surface area contributed by atoms with Crippen molar-refractivity contribution in [2.24, 2.45) is 0 Å². The normalized spacial score (nSPS) is 18.0. The summed E-state index contributed by atoms with van der Waals surface area (Å²) < 4.78 is 12.1. The third-order valence-corrected chi connectivity index (χ3v) is 5.65. The van der Waals surface area contributed by atoms with E-state index in [-0.39, 0.29) is 0 Å². The van der Waals surface area contributed by atoms with E-state index in [0.29, 0.717) is 24.0 Å². The number of hydrogen-bond acceptors (Lipinski definition) is 3. The van der Waals surface area contributed by atoms with Crippen LogP contribution in [0.3, 0.4) is 0 Å². The zero-order valence-electron chi connectivity index (χ0n) is 11.9. The molecule has 0 spiro atoms. The van der Waals surface area contributed by atoms with Crippen molar-refractivity contribution in [2.75, 3.05) is 0 Å². The number of rotatable bonds is 2. The Morgan fingerprint density at radius 1 is 1.05 bits per heavy atom. The molecule has 1 saturated carbocycles. The second-order valence-corrected chi connectivity index (χ2v) is 6.76. The summed E-state index contributed by atoms with van der Waals surface area (Å²) in [4.78, 5) is 12.2. The standard InChI is InChI=1S/C17H15BrO4/c18-13-11-5-9-21-14(11)12(10-4-8-22-15(10)13)17(16(19)20)6-2-1-3-7-17/h4-5,8-9H,1-3,6-7H2,(H,19,20). The van der Waals surface area contributed by atoms with Crippen molar-refractivity contribution >= 4 is 43.8 Å². The second-order valence-electron chi connectivity index (χ2n) is 5.96. The Morgan fingerprint density at radius 3 is 2.36 bits per heavy atom. The van der Waals surface area contributed by atoms with E-state index < -0.39 is 11.4 Å². The minimum atomic E-state index is -0.892. The lowest BCUT2D eigenvalue weighted by atomic mass is 9.68. The number of benzene rings is 1. The van der Waals surface area contributed by atoms with Crippen molar-refractivity contribution in [3.63, 3.8) is 0 Å². The van der Waals surface area contributed by atoms with Crippen molar-refractivity contribution in [1.82, 2.24) is 0 Å². The van der Waals surface area contributed by atoms with Crippen molar-refractivity contribution in [2.45, 2.75) is 37.5 Å². The van der Waals surface area contributed by atoms with Crippen LogP contribution in [-0.4, -0.2) is 11.1 Å². The number of carboxylic acid groups (broad SMARTS) is 1. The first-order chi connectivity index (χ1) is 10.6. The fourth-order valence-electron chi connectivity index (χ4n) is 3.80. The summed E-state index contributed by atoms with van der Waals surface area (Å²) in [6.45, 7) is 0. The van der Waals surface area contributed by atoms with Gasteiger partial charge in [0.1, 0.15) is 11.2 Å². The van der Waals surface area contributed by atoms with E-state index in [1.807, 2.05) is 12.1 Å². The molecule has 0 bridgehead atoms. The lowest BCUT2D eigenvalue weighted by Crippen LogP contribution is -2.38. The summed E-state index contributed by atoms with van der Waals surface area (Å²) in [7, 11) is 0. The van der Waals surface area contributed by atoms with Gasteiger partial charge in [-0.3, -0.25) is 4.79 Å². The van der Waals surface area contributed by atoms with E-state index in [1.165, 1.54) is 0 Å². The van der Waals surface area contributed by atoms with Crippen LogP contribution < -0.4 is 0 Å². The van der Waals surface area contributed by atoms with Gasteiger partial charge in [-0.25, -0.2) is 0 Å². The summed E-state index contributed by atoms with van der Waals surface area (Å²) in [5, 5.41) is 11.7. The zero-order valence-corrected chi connectivity index (χ0v) is 13.5. The maximum atomic E-state index is 12.2. The largest absolute Gasteiger partial charge is 0.481 e. The maximum absolute atomic E-state index is 12.2. The van der Waals surface area contributed by atoms with Gasteiger partial charge in [0.25, 0.3) is 0 Å². The minimum absolute atomic E-state index is 0.639. The molecule has 0 aliphatic heterocycles. The fraction of sp³-hybridized carbons (Fsp3) is 0.353. The molecular formula is C17H15BrO4. The number of halogens is 1. The Labute approximate surface area is 135 Å². The summed E-state index contributed by atoms with van der Waals surface area (Å²) in [6, 6.07) is 3.69. The van der Waals surface area contributed by atoms with Crippen LogP contribution in [0, 0.1) is 0 Å². The molecule has 5 heteroatoms. The van der Waals surface area contributed by atoms with Crippen LogP contribution in [0.25, 0.3) is 21.9 Å². The summed E-state index contributed by atoms with van der Waals surface area (Å²) in [5.41, 5.74) is 1.23. The van der Waals surface area contributed by atoms with Crippen LogP contribution in [0.5, 0.6) is 0 Å². The number of aliphatic carboxylic acids is 1. The van der Waals surface area contributed by atoms with Crippen LogP contribution >= 0.6 is 15.9 Å². The molecule has 1 aliphatic carbocycles. The number of furan rings is 2. The van der Waals surface area contributed by atoms with E-state index in [0.717, 1.165) is 40.1 Å². The van der Waals surface area contributed by atoms with Gasteiger partial charge in [0.05, 0.1) is 22.4 Å². The molecule has 1 aromatic carbocycles. The van der Waals surface area contributed by atoms with Crippen molar-refractivity contribution in [1.29, 1.82) is 0 Å². The number of carbonyl (C=O) groups is 1. The smallest absolute Gasteiger partial charge is 0.314 e. The van der Waals surface area contributed by atoms with Gasteiger partial charge in [-0.1, -0.05) is 19.3 Å². The molecule has 1 fully saturated rings. The molecule has 0 radical (unpaired) electrons. The monoisotopic (exact) mass is 362 g/mol. The quantitative estimate of drug-likeness (QED) is 0.677. The average Bonchev–Trinajstić information content (AvgIpc) is 3.17. The molecule has 2 heterocycles. The van der Waals surface area contributed by atoms with Gasteiger partial charge >= 0.3 is 5.97 Å². The van der Waals surface area contributed by atoms with E-state index in [4.69, 9.17) is 8.83 Å². The Hall–Kier alpha value is -1.75. The molecule has 4 nitrogen and oxygen atoms in total. The van der Waals surface area contributed by atoms with E-state index in [1.54, 1.807) is 12.5 Å². The van der Waals surface area contributed by atoms with E-state index >= 15 is 0 Å². The van der Waals surface area contributed by atoms with Crippen LogP contribution in [0.4, 0.5) is 0 Å². The highest BCUT2D eigenvalue weighted by Crippen LogP contribution is 2.48. The number of carboxylic acids is 1.